The van der Waals surface area contributed by atoms with Crippen LogP contribution in [0.5, 0.6) is 0 Å². The first kappa shape index (κ1) is 14.4. The molecule has 1 aromatic heterocycles. The quantitative estimate of drug-likeness (QED) is 0.768. The van der Waals surface area contributed by atoms with Gasteiger partial charge in [-0.25, -0.2) is 0 Å². The minimum absolute atomic E-state index is 0.0291. The van der Waals surface area contributed by atoms with Crippen molar-refractivity contribution in [3.05, 3.63) is 24.0 Å². The summed E-state index contributed by atoms with van der Waals surface area (Å²) in [5.41, 5.74) is 1.30. The molecule has 0 fully saturated rings. The zero-order chi connectivity index (χ0) is 13.4. The Labute approximate surface area is 108 Å². The van der Waals surface area contributed by atoms with E-state index in [0.717, 1.165) is 18.7 Å². The molecule has 0 radical (unpaired) electrons. The van der Waals surface area contributed by atoms with E-state index in [1.165, 1.54) is 0 Å². The number of rotatable bonds is 7. The Balaban J connectivity index is 2.82. The van der Waals surface area contributed by atoms with Gasteiger partial charge < -0.3 is 15.3 Å². The molecule has 0 aliphatic carbocycles. The molecule has 0 aromatic carbocycles. The highest BCUT2D eigenvalue weighted by Gasteiger charge is 2.15. The van der Waals surface area contributed by atoms with Gasteiger partial charge in [-0.1, -0.05) is 6.92 Å². The normalized spacial score (nSPS) is 10.2. The van der Waals surface area contributed by atoms with Crippen molar-refractivity contribution in [2.24, 2.45) is 0 Å². The number of hydrogen-bond acceptors (Lipinski definition) is 4. The summed E-state index contributed by atoms with van der Waals surface area (Å²) in [5, 5.41) is 12.1. The van der Waals surface area contributed by atoms with E-state index in [1.54, 1.807) is 17.2 Å². The number of anilines is 1. The fourth-order valence-corrected chi connectivity index (χ4v) is 1.73. The molecule has 0 atom stereocenters. The van der Waals surface area contributed by atoms with Gasteiger partial charge in [0.25, 0.3) is 5.91 Å². The number of aromatic nitrogens is 1. The smallest absolute Gasteiger partial charge is 0.272 e. The number of pyridine rings is 1. The topological polar surface area (TPSA) is 65.5 Å². The summed E-state index contributed by atoms with van der Waals surface area (Å²) in [5.74, 6) is -0.134. The van der Waals surface area contributed by atoms with Gasteiger partial charge in [-0.3, -0.25) is 9.78 Å². The van der Waals surface area contributed by atoms with Crippen LogP contribution in [-0.2, 0) is 0 Å². The first-order valence-electron chi connectivity index (χ1n) is 6.33. The monoisotopic (exact) mass is 251 g/mol. The summed E-state index contributed by atoms with van der Waals surface area (Å²) in [6.07, 6.45) is 2.48. The van der Waals surface area contributed by atoms with Gasteiger partial charge in [0.15, 0.2) is 0 Å². The standard InChI is InChI=1S/C13H21N3O2/c1-3-7-16(8-9-17)13(18)12-10-11(14-4-2)5-6-15-12/h5-6,10,17H,3-4,7-9H2,1-2H3,(H,14,15). The lowest BCUT2D eigenvalue weighted by atomic mass is 10.2. The number of nitrogens with zero attached hydrogens (tertiary/aromatic N) is 2. The zero-order valence-corrected chi connectivity index (χ0v) is 11.0. The average molecular weight is 251 g/mol. The Morgan fingerprint density at radius 3 is 2.83 bits per heavy atom. The summed E-state index contributed by atoms with van der Waals surface area (Å²) in [7, 11) is 0. The highest BCUT2D eigenvalue weighted by molar-refractivity contribution is 5.93. The second kappa shape index (κ2) is 7.66. The predicted octanol–water partition coefficient (Wildman–Crippen LogP) is 1.36. The Kier molecular flexibility index (Phi) is 6.14. The third-order valence-electron chi connectivity index (χ3n) is 2.51. The molecule has 5 nitrogen and oxygen atoms in total. The highest BCUT2D eigenvalue weighted by Crippen LogP contribution is 2.10. The van der Waals surface area contributed by atoms with Crippen LogP contribution < -0.4 is 5.32 Å². The van der Waals surface area contributed by atoms with Gasteiger partial charge in [0, 0.05) is 31.5 Å². The van der Waals surface area contributed by atoms with Crippen molar-refractivity contribution in [2.75, 3.05) is 31.6 Å². The molecular formula is C13H21N3O2. The summed E-state index contributed by atoms with van der Waals surface area (Å²) < 4.78 is 0. The molecule has 5 heteroatoms. The highest BCUT2D eigenvalue weighted by atomic mass is 16.3. The van der Waals surface area contributed by atoms with Crippen molar-refractivity contribution in [2.45, 2.75) is 20.3 Å². The van der Waals surface area contributed by atoms with E-state index in [4.69, 9.17) is 5.11 Å². The van der Waals surface area contributed by atoms with E-state index >= 15 is 0 Å². The SMILES string of the molecule is CCCN(CCO)C(=O)c1cc(NCC)ccn1. The zero-order valence-electron chi connectivity index (χ0n) is 11.0. The average Bonchev–Trinajstić information content (AvgIpc) is 2.38. The van der Waals surface area contributed by atoms with Crippen LogP contribution in [0, 0.1) is 0 Å². The van der Waals surface area contributed by atoms with E-state index in [1.807, 2.05) is 19.9 Å². The fraction of sp³-hybridized carbons (Fsp3) is 0.538. The molecule has 0 aliphatic heterocycles. The predicted molar refractivity (Wildman–Crippen MR) is 71.7 cm³/mol. The van der Waals surface area contributed by atoms with Gasteiger partial charge in [0.2, 0.25) is 0 Å². The maximum Gasteiger partial charge on any atom is 0.272 e. The van der Waals surface area contributed by atoms with E-state index in [-0.39, 0.29) is 12.5 Å². The Morgan fingerprint density at radius 2 is 2.22 bits per heavy atom. The second-order valence-corrected chi connectivity index (χ2v) is 3.98. The van der Waals surface area contributed by atoms with Gasteiger partial charge in [-0.2, -0.15) is 0 Å². The number of hydrogen-bond donors (Lipinski definition) is 2. The van der Waals surface area contributed by atoms with E-state index in [0.29, 0.717) is 18.8 Å². The molecule has 18 heavy (non-hydrogen) atoms. The van der Waals surface area contributed by atoms with E-state index < -0.39 is 0 Å². The second-order valence-electron chi connectivity index (χ2n) is 3.98. The largest absolute Gasteiger partial charge is 0.395 e. The lowest BCUT2D eigenvalue weighted by Gasteiger charge is -2.20. The molecule has 1 amide bonds. The Bertz CT molecular complexity index is 376. The summed E-state index contributed by atoms with van der Waals surface area (Å²) in [6.45, 7) is 5.75. The van der Waals surface area contributed by atoms with Crippen molar-refractivity contribution < 1.29 is 9.90 Å². The van der Waals surface area contributed by atoms with Crippen molar-refractivity contribution in [3.63, 3.8) is 0 Å². The molecule has 0 unspecified atom stereocenters. The molecular weight excluding hydrogens is 230 g/mol. The third kappa shape index (κ3) is 4.00. The van der Waals surface area contributed by atoms with E-state index in [9.17, 15) is 4.79 Å². The van der Waals surface area contributed by atoms with Crippen LogP contribution in [0.2, 0.25) is 0 Å². The number of aliphatic hydroxyl groups excluding tert-OH is 1. The molecule has 1 aromatic rings. The maximum absolute atomic E-state index is 12.2. The molecule has 0 aliphatic rings. The molecule has 1 rings (SSSR count). The first-order chi connectivity index (χ1) is 8.72. The number of carbonyl (C=O) groups excluding carboxylic acids is 1. The summed E-state index contributed by atoms with van der Waals surface area (Å²) in [6, 6.07) is 3.57. The lowest BCUT2D eigenvalue weighted by Crippen LogP contribution is -2.34. The van der Waals surface area contributed by atoms with Crippen LogP contribution in [0.1, 0.15) is 30.8 Å². The Morgan fingerprint density at radius 1 is 1.44 bits per heavy atom. The molecule has 1 heterocycles. The van der Waals surface area contributed by atoms with Crippen LogP contribution in [0.15, 0.2) is 18.3 Å². The van der Waals surface area contributed by atoms with Crippen molar-refractivity contribution in [3.8, 4) is 0 Å². The van der Waals surface area contributed by atoms with Gasteiger partial charge in [0.1, 0.15) is 5.69 Å². The van der Waals surface area contributed by atoms with Gasteiger partial charge in [0.05, 0.1) is 6.61 Å². The summed E-state index contributed by atoms with van der Waals surface area (Å²) in [4.78, 5) is 17.9. The maximum atomic E-state index is 12.2. The lowest BCUT2D eigenvalue weighted by molar-refractivity contribution is 0.0716. The molecule has 0 saturated carbocycles. The van der Waals surface area contributed by atoms with Crippen LogP contribution in [0.25, 0.3) is 0 Å². The molecule has 2 N–H and O–H groups in total. The fourth-order valence-electron chi connectivity index (χ4n) is 1.73. The minimum atomic E-state index is -0.134. The van der Waals surface area contributed by atoms with E-state index in [2.05, 4.69) is 10.3 Å². The Hall–Kier alpha value is -1.62. The number of aliphatic hydroxyl groups is 1. The van der Waals surface area contributed by atoms with Crippen LogP contribution in [0.3, 0.4) is 0 Å². The molecule has 0 bridgehead atoms. The first-order valence-corrected chi connectivity index (χ1v) is 6.33. The number of nitrogens with one attached hydrogen (secondary N) is 1. The van der Waals surface area contributed by atoms with Crippen LogP contribution in [0.4, 0.5) is 5.69 Å². The van der Waals surface area contributed by atoms with Crippen LogP contribution >= 0.6 is 0 Å². The number of amides is 1. The van der Waals surface area contributed by atoms with Crippen molar-refractivity contribution >= 4 is 11.6 Å². The molecule has 0 saturated heterocycles. The molecule has 100 valence electrons. The van der Waals surface area contributed by atoms with Gasteiger partial charge in [-0.15, -0.1) is 0 Å². The number of carbonyl (C=O) groups is 1. The van der Waals surface area contributed by atoms with Crippen molar-refractivity contribution in [1.82, 2.24) is 9.88 Å². The third-order valence-corrected chi connectivity index (χ3v) is 2.51. The van der Waals surface area contributed by atoms with Gasteiger partial charge in [-0.05, 0) is 25.5 Å². The van der Waals surface area contributed by atoms with Crippen LogP contribution in [-0.4, -0.2) is 47.1 Å². The van der Waals surface area contributed by atoms with Gasteiger partial charge >= 0.3 is 0 Å². The minimum Gasteiger partial charge on any atom is -0.395 e. The summed E-state index contributed by atoms with van der Waals surface area (Å²) >= 11 is 0. The van der Waals surface area contributed by atoms with Crippen molar-refractivity contribution in [1.29, 1.82) is 0 Å². The molecule has 0 spiro atoms.